The topological polar surface area (TPSA) is 32.3 Å². The van der Waals surface area contributed by atoms with Gasteiger partial charge in [-0.3, -0.25) is 0 Å². The van der Waals surface area contributed by atoms with Gasteiger partial charge in [0.2, 0.25) is 0 Å². The standard InChI is InChI=1S/C16H26ClNO/c1-12-6-7-13(14(17)10-12)11-16(5,19)8-9-18-15(2,3)4/h6-7,10,18-19H,8-9,11H2,1-5H3. The summed E-state index contributed by atoms with van der Waals surface area (Å²) in [5.74, 6) is 0. The summed E-state index contributed by atoms with van der Waals surface area (Å²) >= 11 is 6.22. The Morgan fingerprint density at radius 3 is 2.37 bits per heavy atom. The number of aliphatic hydroxyl groups is 1. The quantitative estimate of drug-likeness (QED) is 0.863. The van der Waals surface area contributed by atoms with Crippen LogP contribution in [0, 0.1) is 6.92 Å². The van der Waals surface area contributed by atoms with Crippen molar-refractivity contribution < 1.29 is 5.11 Å². The first kappa shape index (κ1) is 16.5. The van der Waals surface area contributed by atoms with Crippen LogP contribution in [-0.2, 0) is 6.42 Å². The third-order valence-corrected chi connectivity index (χ3v) is 3.45. The molecule has 2 nitrogen and oxygen atoms in total. The Bertz CT molecular complexity index is 421. The molecule has 3 heteroatoms. The van der Waals surface area contributed by atoms with Crippen LogP contribution in [0.5, 0.6) is 0 Å². The SMILES string of the molecule is Cc1ccc(CC(C)(O)CCNC(C)(C)C)c(Cl)c1. The molecule has 0 aliphatic rings. The van der Waals surface area contributed by atoms with Gasteiger partial charge in [-0.05, 0) is 64.8 Å². The Hall–Kier alpha value is -0.570. The Kier molecular flexibility index (Phi) is 5.43. The van der Waals surface area contributed by atoms with Crippen LogP contribution in [-0.4, -0.2) is 22.8 Å². The van der Waals surface area contributed by atoms with Crippen LogP contribution in [0.15, 0.2) is 18.2 Å². The van der Waals surface area contributed by atoms with E-state index in [4.69, 9.17) is 11.6 Å². The monoisotopic (exact) mass is 283 g/mol. The zero-order valence-corrected chi connectivity index (χ0v) is 13.4. The summed E-state index contributed by atoms with van der Waals surface area (Å²) < 4.78 is 0. The molecule has 108 valence electrons. The van der Waals surface area contributed by atoms with Gasteiger partial charge in [-0.25, -0.2) is 0 Å². The number of hydrogen-bond donors (Lipinski definition) is 2. The Balaban J connectivity index is 2.58. The van der Waals surface area contributed by atoms with E-state index in [-0.39, 0.29) is 5.54 Å². The summed E-state index contributed by atoms with van der Waals surface area (Å²) in [5.41, 5.74) is 1.49. The molecule has 0 saturated heterocycles. The van der Waals surface area contributed by atoms with Crippen molar-refractivity contribution in [2.75, 3.05) is 6.54 Å². The molecular weight excluding hydrogens is 258 g/mol. The molecule has 1 unspecified atom stereocenters. The highest BCUT2D eigenvalue weighted by Gasteiger charge is 2.22. The van der Waals surface area contributed by atoms with E-state index in [1.807, 2.05) is 32.0 Å². The summed E-state index contributed by atoms with van der Waals surface area (Å²) in [6.07, 6.45) is 1.28. The van der Waals surface area contributed by atoms with E-state index in [0.717, 1.165) is 22.7 Å². The van der Waals surface area contributed by atoms with Crippen molar-refractivity contribution in [1.29, 1.82) is 0 Å². The van der Waals surface area contributed by atoms with Crippen LogP contribution in [0.4, 0.5) is 0 Å². The van der Waals surface area contributed by atoms with Crippen LogP contribution in [0.25, 0.3) is 0 Å². The smallest absolute Gasteiger partial charge is 0.0672 e. The minimum absolute atomic E-state index is 0.0809. The van der Waals surface area contributed by atoms with Crippen LogP contribution in [0.3, 0.4) is 0 Å². The molecule has 0 amide bonds. The summed E-state index contributed by atoms with van der Waals surface area (Å²) in [4.78, 5) is 0. The highest BCUT2D eigenvalue weighted by molar-refractivity contribution is 6.31. The second-order valence-corrected chi connectivity index (χ2v) is 7.10. The van der Waals surface area contributed by atoms with Crippen molar-refractivity contribution in [2.45, 2.75) is 58.6 Å². The van der Waals surface area contributed by atoms with Gasteiger partial charge >= 0.3 is 0 Å². The van der Waals surface area contributed by atoms with E-state index in [2.05, 4.69) is 26.1 Å². The van der Waals surface area contributed by atoms with E-state index in [1.165, 1.54) is 0 Å². The highest BCUT2D eigenvalue weighted by Crippen LogP contribution is 2.24. The Morgan fingerprint density at radius 2 is 1.84 bits per heavy atom. The number of nitrogens with one attached hydrogen (secondary N) is 1. The first-order chi connectivity index (χ1) is 8.59. The first-order valence-electron chi connectivity index (χ1n) is 6.81. The number of aryl methyl sites for hydroxylation is 1. The molecule has 1 atom stereocenters. The molecular formula is C16H26ClNO. The number of hydrogen-bond acceptors (Lipinski definition) is 2. The maximum absolute atomic E-state index is 10.5. The first-order valence-corrected chi connectivity index (χ1v) is 7.19. The highest BCUT2D eigenvalue weighted by atomic mass is 35.5. The normalized spacial score (nSPS) is 15.3. The second-order valence-electron chi connectivity index (χ2n) is 6.70. The van der Waals surface area contributed by atoms with Crippen molar-refractivity contribution in [3.05, 3.63) is 34.3 Å². The Morgan fingerprint density at radius 1 is 1.21 bits per heavy atom. The van der Waals surface area contributed by atoms with E-state index >= 15 is 0 Å². The van der Waals surface area contributed by atoms with Crippen LogP contribution < -0.4 is 5.32 Å². The molecule has 19 heavy (non-hydrogen) atoms. The van der Waals surface area contributed by atoms with Gasteiger partial charge in [0.05, 0.1) is 5.60 Å². The molecule has 0 spiro atoms. The molecule has 0 aromatic heterocycles. The molecule has 0 fully saturated rings. The number of rotatable bonds is 5. The Labute approximate surface area is 122 Å². The predicted molar refractivity (Wildman–Crippen MR) is 82.9 cm³/mol. The van der Waals surface area contributed by atoms with E-state index in [1.54, 1.807) is 0 Å². The van der Waals surface area contributed by atoms with Crippen molar-refractivity contribution in [2.24, 2.45) is 0 Å². The van der Waals surface area contributed by atoms with Crippen molar-refractivity contribution in [3.8, 4) is 0 Å². The zero-order valence-electron chi connectivity index (χ0n) is 12.7. The molecule has 1 aromatic rings. The summed E-state index contributed by atoms with van der Waals surface area (Å²) in [6.45, 7) is 11.0. The third kappa shape index (κ3) is 6.42. The van der Waals surface area contributed by atoms with Gasteiger partial charge in [-0.1, -0.05) is 23.7 Å². The molecule has 0 heterocycles. The van der Waals surface area contributed by atoms with Gasteiger partial charge in [-0.15, -0.1) is 0 Å². The van der Waals surface area contributed by atoms with E-state index in [0.29, 0.717) is 12.8 Å². The molecule has 0 radical (unpaired) electrons. The maximum Gasteiger partial charge on any atom is 0.0672 e. The van der Waals surface area contributed by atoms with Crippen molar-refractivity contribution in [1.82, 2.24) is 5.32 Å². The van der Waals surface area contributed by atoms with E-state index < -0.39 is 5.60 Å². The number of halogens is 1. The molecule has 1 rings (SSSR count). The van der Waals surface area contributed by atoms with Gasteiger partial charge in [0, 0.05) is 17.0 Å². The minimum atomic E-state index is -0.739. The fourth-order valence-electron chi connectivity index (χ4n) is 2.00. The maximum atomic E-state index is 10.5. The molecule has 0 aliphatic carbocycles. The average Bonchev–Trinajstić information content (AvgIpc) is 2.20. The lowest BCUT2D eigenvalue weighted by Gasteiger charge is -2.27. The third-order valence-electron chi connectivity index (χ3n) is 3.10. The van der Waals surface area contributed by atoms with Gasteiger partial charge in [0.15, 0.2) is 0 Å². The number of benzene rings is 1. The average molecular weight is 284 g/mol. The fraction of sp³-hybridized carbons (Fsp3) is 0.625. The molecule has 0 bridgehead atoms. The van der Waals surface area contributed by atoms with Gasteiger partial charge < -0.3 is 10.4 Å². The zero-order chi connectivity index (χ0) is 14.7. The van der Waals surface area contributed by atoms with Crippen molar-refractivity contribution >= 4 is 11.6 Å². The minimum Gasteiger partial charge on any atom is -0.390 e. The van der Waals surface area contributed by atoms with Gasteiger partial charge in [0.25, 0.3) is 0 Å². The van der Waals surface area contributed by atoms with E-state index in [9.17, 15) is 5.11 Å². The molecule has 0 saturated carbocycles. The van der Waals surface area contributed by atoms with Crippen LogP contribution in [0.1, 0.15) is 45.2 Å². The molecule has 1 aromatic carbocycles. The predicted octanol–water partition coefficient (Wildman–Crippen LogP) is 3.72. The lowest BCUT2D eigenvalue weighted by Crippen LogP contribution is -2.40. The van der Waals surface area contributed by atoms with Crippen LogP contribution in [0.2, 0.25) is 5.02 Å². The lowest BCUT2D eigenvalue weighted by molar-refractivity contribution is 0.0500. The summed E-state index contributed by atoms with van der Waals surface area (Å²) in [5, 5.41) is 14.6. The molecule has 0 aliphatic heterocycles. The van der Waals surface area contributed by atoms with Gasteiger partial charge in [0.1, 0.15) is 0 Å². The fourth-order valence-corrected chi connectivity index (χ4v) is 2.30. The summed E-state index contributed by atoms with van der Waals surface area (Å²) in [6, 6.07) is 5.98. The largest absolute Gasteiger partial charge is 0.390 e. The van der Waals surface area contributed by atoms with Crippen LogP contribution >= 0.6 is 11.6 Å². The lowest BCUT2D eigenvalue weighted by atomic mass is 9.92. The summed E-state index contributed by atoms with van der Waals surface area (Å²) in [7, 11) is 0. The second kappa shape index (κ2) is 6.25. The van der Waals surface area contributed by atoms with Gasteiger partial charge in [-0.2, -0.15) is 0 Å². The molecule has 2 N–H and O–H groups in total. The van der Waals surface area contributed by atoms with Crippen molar-refractivity contribution in [3.63, 3.8) is 0 Å².